The van der Waals surface area contributed by atoms with Gasteiger partial charge in [0.25, 0.3) is 0 Å². The van der Waals surface area contributed by atoms with Crippen LogP contribution in [0.3, 0.4) is 0 Å². The van der Waals surface area contributed by atoms with Gasteiger partial charge in [0, 0.05) is 12.8 Å². The number of fused-ring (bicyclic) bond motifs is 1. The molecule has 0 bridgehead atoms. The molecular weight excluding hydrogens is 287 g/mol. The molecule has 108 valence electrons. The molecule has 5 heteroatoms. The first-order chi connectivity index (χ1) is 10.2. The van der Waals surface area contributed by atoms with Gasteiger partial charge < -0.3 is 9.30 Å². The Morgan fingerprint density at radius 1 is 1.24 bits per heavy atom. The Balaban J connectivity index is 1.80. The molecule has 0 aliphatic carbocycles. The second-order valence-corrected chi connectivity index (χ2v) is 5.64. The van der Waals surface area contributed by atoms with Crippen LogP contribution in [-0.2, 0) is 12.8 Å². The average Bonchev–Trinajstić information content (AvgIpc) is 2.82. The number of aromatic nitrogens is 2. The molecule has 0 aliphatic rings. The van der Waals surface area contributed by atoms with E-state index in [-0.39, 0.29) is 11.6 Å². The van der Waals surface area contributed by atoms with Crippen molar-refractivity contribution in [1.82, 2.24) is 9.55 Å². The van der Waals surface area contributed by atoms with Crippen LogP contribution in [-0.4, -0.2) is 16.7 Å². The highest BCUT2D eigenvalue weighted by Gasteiger charge is 2.09. The fourth-order valence-corrected chi connectivity index (χ4v) is 3.13. The molecule has 3 rings (SSSR count). The van der Waals surface area contributed by atoms with Gasteiger partial charge >= 0.3 is 0 Å². The normalized spacial score (nSPS) is 11.0. The molecule has 0 amide bonds. The van der Waals surface area contributed by atoms with E-state index < -0.39 is 0 Å². The van der Waals surface area contributed by atoms with Crippen molar-refractivity contribution in [2.24, 2.45) is 7.05 Å². The molecule has 3 nitrogen and oxygen atoms in total. The van der Waals surface area contributed by atoms with Crippen molar-refractivity contribution in [2.45, 2.75) is 10.9 Å². The number of hydrogen-bond acceptors (Lipinski definition) is 3. The van der Waals surface area contributed by atoms with Crippen LogP contribution >= 0.6 is 11.8 Å². The molecule has 0 spiro atoms. The minimum absolute atomic E-state index is 0.270. The molecule has 2 aromatic carbocycles. The molecule has 0 N–H and O–H groups in total. The van der Waals surface area contributed by atoms with Crippen molar-refractivity contribution >= 4 is 22.8 Å². The topological polar surface area (TPSA) is 27.1 Å². The summed E-state index contributed by atoms with van der Waals surface area (Å²) in [6.45, 7) is 0. The smallest absolute Gasteiger partial charge is 0.169 e. The second-order valence-electron chi connectivity index (χ2n) is 4.70. The molecule has 0 atom stereocenters. The zero-order valence-corrected chi connectivity index (χ0v) is 12.7. The van der Waals surface area contributed by atoms with Crippen molar-refractivity contribution in [3.63, 3.8) is 0 Å². The number of rotatable bonds is 4. The number of ether oxygens (including phenoxy) is 1. The summed E-state index contributed by atoms with van der Waals surface area (Å²) in [7, 11) is 3.46. The monoisotopic (exact) mass is 302 g/mol. The Morgan fingerprint density at radius 3 is 2.76 bits per heavy atom. The molecule has 0 saturated carbocycles. The summed E-state index contributed by atoms with van der Waals surface area (Å²) < 4.78 is 20.6. The molecule has 0 aliphatic heterocycles. The van der Waals surface area contributed by atoms with Gasteiger partial charge in [-0.1, -0.05) is 30.0 Å². The predicted octanol–water partition coefficient (Wildman–Crippen LogP) is 4.01. The number of methoxy groups -OCH3 is 1. The van der Waals surface area contributed by atoms with E-state index in [1.54, 1.807) is 17.8 Å². The summed E-state index contributed by atoms with van der Waals surface area (Å²) in [5.41, 5.74) is 2.98. The van der Waals surface area contributed by atoms with E-state index in [9.17, 15) is 4.39 Å². The van der Waals surface area contributed by atoms with Crippen LogP contribution in [0.4, 0.5) is 4.39 Å². The maximum Gasteiger partial charge on any atom is 0.169 e. The molecular formula is C16H15FN2OS. The molecule has 3 aromatic rings. The van der Waals surface area contributed by atoms with E-state index >= 15 is 0 Å². The van der Waals surface area contributed by atoms with Crippen LogP contribution in [0.1, 0.15) is 5.56 Å². The van der Waals surface area contributed by atoms with E-state index in [0.717, 1.165) is 21.8 Å². The first-order valence-electron chi connectivity index (χ1n) is 6.55. The highest BCUT2D eigenvalue weighted by atomic mass is 32.2. The lowest BCUT2D eigenvalue weighted by molar-refractivity contribution is 0.386. The Labute approximate surface area is 126 Å². The van der Waals surface area contributed by atoms with Gasteiger partial charge in [-0.3, -0.25) is 0 Å². The number of para-hydroxylation sites is 2. The van der Waals surface area contributed by atoms with Crippen LogP contribution in [0.5, 0.6) is 5.75 Å². The summed E-state index contributed by atoms with van der Waals surface area (Å²) in [6.07, 6.45) is 0. The van der Waals surface area contributed by atoms with Gasteiger partial charge in [0.05, 0.1) is 18.1 Å². The van der Waals surface area contributed by atoms with Crippen molar-refractivity contribution in [2.75, 3.05) is 7.11 Å². The zero-order chi connectivity index (χ0) is 14.8. The number of thioether (sulfide) groups is 1. The number of aryl methyl sites for hydroxylation is 1. The van der Waals surface area contributed by atoms with Gasteiger partial charge in [0.1, 0.15) is 0 Å². The Bertz CT molecular complexity index is 785. The fraction of sp³-hybridized carbons (Fsp3) is 0.188. The number of nitrogens with zero attached hydrogens (tertiary/aromatic N) is 2. The van der Waals surface area contributed by atoms with E-state index in [1.807, 2.05) is 37.4 Å². The zero-order valence-electron chi connectivity index (χ0n) is 11.8. The van der Waals surface area contributed by atoms with Crippen LogP contribution in [0.25, 0.3) is 11.0 Å². The summed E-state index contributed by atoms with van der Waals surface area (Å²) in [5.74, 6) is 0.602. The Kier molecular flexibility index (Phi) is 3.84. The van der Waals surface area contributed by atoms with E-state index in [0.29, 0.717) is 5.75 Å². The second kappa shape index (κ2) is 5.77. The minimum Gasteiger partial charge on any atom is -0.494 e. The molecule has 1 heterocycles. The van der Waals surface area contributed by atoms with E-state index in [2.05, 4.69) is 9.55 Å². The molecule has 1 aromatic heterocycles. The Morgan fingerprint density at radius 2 is 2.05 bits per heavy atom. The van der Waals surface area contributed by atoms with Crippen LogP contribution in [0, 0.1) is 5.82 Å². The van der Waals surface area contributed by atoms with E-state index in [1.165, 1.54) is 13.2 Å². The molecule has 0 fully saturated rings. The molecule has 0 radical (unpaired) electrons. The third-order valence-corrected chi connectivity index (χ3v) is 4.43. The number of halogens is 1. The van der Waals surface area contributed by atoms with Crippen LogP contribution in [0.15, 0.2) is 47.6 Å². The standard InChI is InChI=1S/C16H15FN2OS/c1-19-14-6-4-3-5-13(14)18-16(19)21-10-11-7-8-15(20-2)12(17)9-11/h3-9H,10H2,1-2H3. The lowest BCUT2D eigenvalue weighted by Crippen LogP contribution is -1.93. The number of imidazole rings is 1. The van der Waals surface area contributed by atoms with E-state index in [4.69, 9.17) is 4.74 Å². The third-order valence-electron chi connectivity index (χ3n) is 3.33. The minimum atomic E-state index is -0.333. The number of benzene rings is 2. The van der Waals surface area contributed by atoms with Crippen molar-refractivity contribution in [3.05, 3.63) is 53.8 Å². The van der Waals surface area contributed by atoms with Gasteiger partial charge in [-0.15, -0.1) is 0 Å². The maximum atomic E-state index is 13.7. The molecule has 21 heavy (non-hydrogen) atoms. The average molecular weight is 302 g/mol. The first kappa shape index (κ1) is 13.9. The molecule has 0 saturated heterocycles. The maximum absolute atomic E-state index is 13.7. The van der Waals surface area contributed by atoms with Crippen LogP contribution in [0.2, 0.25) is 0 Å². The predicted molar refractivity (Wildman–Crippen MR) is 83.2 cm³/mol. The van der Waals surface area contributed by atoms with Gasteiger partial charge in [-0.2, -0.15) is 0 Å². The van der Waals surface area contributed by atoms with Gasteiger partial charge in [-0.05, 0) is 29.8 Å². The molecule has 0 unspecified atom stereocenters. The van der Waals surface area contributed by atoms with Gasteiger partial charge in [0.15, 0.2) is 16.7 Å². The Hall–Kier alpha value is -2.01. The highest BCUT2D eigenvalue weighted by Crippen LogP contribution is 2.27. The fourth-order valence-electron chi connectivity index (χ4n) is 2.20. The highest BCUT2D eigenvalue weighted by molar-refractivity contribution is 7.98. The summed E-state index contributed by atoms with van der Waals surface area (Å²) >= 11 is 1.59. The van der Waals surface area contributed by atoms with Crippen molar-refractivity contribution in [1.29, 1.82) is 0 Å². The first-order valence-corrected chi connectivity index (χ1v) is 7.54. The lowest BCUT2D eigenvalue weighted by atomic mass is 10.2. The SMILES string of the molecule is COc1ccc(CSc2nc3ccccc3n2C)cc1F. The summed E-state index contributed by atoms with van der Waals surface area (Å²) in [6, 6.07) is 13.0. The number of hydrogen-bond donors (Lipinski definition) is 0. The van der Waals surface area contributed by atoms with Gasteiger partial charge in [-0.25, -0.2) is 9.37 Å². The van der Waals surface area contributed by atoms with Crippen molar-refractivity contribution in [3.8, 4) is 5.75 Å². The largest absolute Gasteiger partial charge is 0.494 e. The van der Waals surface area contributed by atoms with Crippen molar-refractivity contribution < 1.29 is 9.13 Å². The van der Waals surface area contributed by atoms with Gasteiger partial charge in [0.2, 0.25) is 0 Å². The quantitative estimate of drug-likeness (QED) is 0.681. The lowest BCUT2D eigenvalue weighted by Gasteiger charge is -2.05. The third kappa shape index (κ3) is 2.74. The summed E-state index contributed by atoms with van der Waals surface area (Å²) in [5, 5.41) is 0.924. The van der Waals surface area contributed by atoms with Crippen LogP contribution < -0.4 is 4.74 Å². The summed E-state index contributed by atoms with van der Waals surface area (Å²) in [4.78, 5) is 4.59.